The summed E-state index contributed by atoms with van der Waals surface area (Å²) >= 11 is 1.20. The van der Waals surface area contributed by atoms with Gasteiger partial charge in [-0.2, -0.15) is 18.2 Å². The highest BCUT2D eigenvalue weighted by Crippen LogP contribution is 2.49. The molecule has 1 amide bonds. The van der Waals surface area contributed by atoms with Gasteiger partial charge in [0.15, 0.2) is 0 Å². The van der Waals surface area contributed by atoms with Gasteiger partial charge in [0.05, 0.1) is 23.7 Å². The molecule has 2 heterocycles. The molecule has 0 fully saturated rings. The third-order valence-electron chi connectivity index (χ3n) is 7.03. The summed E-state index contributed by atoms with van der Waals surface area (Å²) in [5.41, 5.74) is -0.298. The molecule has 12 heteroatoms. The van der Waals surface area contributed by atoms with Gasteiger partial charge in [-0.05, 0) is 50.6 Å². The van der Waals surface area contributed by atoms with Gasteiger partial charge in [0.1, 0.15) is 11.6 Å². The molecule has 0 saturated carbocycles. The Balaban J connectivity index is 2.09. The maximum Gasteiger partial charge on any atom is 0.417 e. The number of nitrogens with zero attached hydrogens (tertiary/aromatic N) is 3. The van der Waals surface area contributed by atoms with Crippen LogP contribution in [0.4, 0.5) is 23.4 Å². The number of carbonyl (C=O) groups is 1. The second-order valence-electron chi connectivity index (χ2n) is 10.2. The Labute approximate surface area is 245 Å². The average molecular weight is 605 g/mol. The van der Waals surface area contributed by atoms with Crippen LogP contribution in [0, 0.1) is 5.82 Å². The highest BCUT2D eigenvalue weighted by atomic mass is 32.2. The van der Waals surface area contributed by atoms with Gasteiger partial charge in [0.25, 0.3) is 0 Å². The molecule has 3 aromatic rings. The van der Waals surface area contributed by atoms with Crippen molar-refractivity contribution >= 4 is 34.4 Å². The summed E-state index contributed by atoms with van der Waals surface area (Å²) in [7, 11) is 1.49. The Morgan fingerprint density at radius 3 is 2.62 bits per heavy atom. The molecule has 1 aromatic heterocycles. The van der Waals surface area contributed by atoms with Crippen LogP contribution in [0.25, 0.3) is 22.0 Å². The van der Waals surface area contributed by atoms with Crippen molar-refractivity contribution in [3.63, 3.8) is 0 Å². The Morgan fingerprint density at radius 2 is 2.02 bits per heavy atom. The molecule has 0 unspecified atom stereocenters. The van der Waals surface area contributed by atoms with Crippen LogP contribution in [0.15, 0.2) is 64.3 Å². The fraction of sp³-hybridized carbons (Fsp3) is 0.367. The molecule has 2 atom stereocenters. The lowest BCUT2D eigenvalue weighted by Crippen LogP contribution is -2.43. The largest absolute Gasteiger partial charge is 0.417 e. The van der Waals surface area contributed by atoms with E-state index in [2.05, 4.69) is 16.9 Å². The zero-order valence-electron chi connectivity index (χ0n) is 23.7. The van der Waals surface area contributed by atoms with Gasteiger partial charge in [-0.15, -0.1) is 11.8 Å². The van der Waals surface area contributed by atoms with Crippen molar-refractivity contribution in [3.05, 3.63) is 76.5 Å². The van der Waals surface area contributed by atoms with Gasteiger partial charge in [-0.25, -0.2) is 9.18 Å². The summed E-state index contributed by atoms with van der Waals surface area (Å²) in [5, 5.41) is 2.90. The van der Waals surface area contributed by atoms with E-state index < -0.39 is 41.2 Å². The van der Waals surface area contributed by atoms with Crippen molar-refractivity contribution in [1.29, 1.82) is 0 Å². The molecule has 2 aromatic carbocycles. The Bertz CT molecular complexity index is 1580. The Hall–Kier alpha value is -3.64. The molecule has 0 bridgehead atoms. The summed E-state index contributed by atoms with van der Waals surface area (Å²) in [6.07, 6.45) is -1.78. The SMILES string of the molecule is C=CC(=O)N[C@@H](C)CN(C/C(C)=C\C)c1nc(=O)n2c3c(c(-c4ccc(F)cc4)c(C(F)(F)F)cc13)SC[C@@H]2COC. The van der Waals surface area contributed by atoms with Crippen LogP contribution in [-0.2, 0) is 15.7 Å². The molecule has 0 aliphatic carbocycles. The second-order valence-corrected chi connectivity index (χ2v) is 11.2. The smallest absolute Gasteiger partial charge is 0.383 e. The predicted molar refractivity (Wildman–Crippen MR) is 157 cm³/mol. The van der Waals surface area contributed by atoms with Gasteiger partial charge in [0, 0.05) is 47.8 Å². The van der Waals surface area contributed by atoms with Crippen LogP contribution in [0.2, 0.25) is 0 Å². The van der Waals surface area contributed by atoms with Crippen LogP contribution >= 0.6 is 11.8 Å². The maximum atomic E-state index is 14.8. The molecule has 0 radical (unpaired) electrons. The number of halogens is 4. The standard InChI is InChI=1S/C30H32F4N4O3S/c1-6-17(3)13-37(14-18(4)35-24(39)7-2)28-22-12-23(30(32,33)34)25(19-8-10-20(31)11-9-19)27-26(22)38(29(40)36-28)21(15-41-5)16-42-27/h6-12,18,21H,2,13-16H2,1,3-5H3,(H,35,39)/b17-6-/t18-,21-/m0/s1. The first-order valence-corrected chi connectivity index (χ1v) is 14.3. The number of aromatic nitrogens is 2. The molecule has 1 N–H and O–H groups in total. The van der Waals surface area contributed by atoms with Crippen molar-refractivity contribution < 1.29 is 27.1 Å². The number of carbonyl (C=O) groups excluding carboxylic acids is 1. The first kappa shape index (κ1) is 31.3. The fourth-order valence-corrected chi connectivity index (χ4v) is 6.39. The van der Waals surface area contributed by atoms with Crippen molar-refractivity contribution in [2.75, 3.05) is 37.5 Å². The summed E-state index contributed by atoms with van der Waals surface area (Å²) in [6.45, 7) is 9.46. The van der Waals surface area contributed by atoms with Gasteiger partial charge < -0.3 is 15.0 Å². The van der Waals surface area contributed by atoms with Crippen LogP contribution in [0.5, 0.6) is 0 Å². The van der Waals surface area contributed by atoms with Crippen LogP contribution in [0.3, 0.4) is 0 Å². The normalized spacial score (nSPS) is 15.9. The van der Waals surface area contributed by atoms with Gasteiger partial charge in [0.2, 0.25) is 5.91 Å². The van der Waals surface area contributed by atoms with Gasteiger partial charge in [-0.1, -0.05) is 30.4 Å². The summed E-state index contributed by atoms with van der Waals surface area (Å²) < 4.78 is 64.8. The van der Waals surface area contributed by atoms with Crippen molar-refractivity contribution in [1.82, 2.24) is 14.9 Å². The van der Waals surface area contributed by atoms with Crippen LogP contribution in [0.1, 0.15) is 32.4 Å². The quantitative estimate of drug-likeness (QED) is 0.174. The van der Waals surface area contributed by atoms with Crippen molar-refractivity contribution in [3.8, 4) is 11.1 Å². The molecule has 0 spiro atoms. The average Bonchev–Trinajstić information content (AvgIpc) is 2.94. The molecule has 0 saturated heterocycles. The van der Waals surface area contributed by atoms with E-state index in [1.165, 1.54) is 35.6 Å². The first-order valence-electron chi connectivity index (χ1n) is 13.3. The topological polar surface area (TPSA) is 76.5 Å². The number of anilines is 1. The zero-order chi connectivity index (χ0) is 30.8. The lowest BCUT2D eigenvalue weighted by molar-refractivity contribution is -0.137. The minimum absolute atomic E-state index is 0.0724. The van der Waals surface area contributed by atoms with E-state index in [0.717, 1.165) is 29.8 Å². The number of methoxy groups -OCH3 is 1. The summed E-state index contributed by atoms with van der Waals surface area (Å²) in [4.78, 5) is 32.0. The van der Waals surface area contributed by atoms with E-state index in [1.54, 1.807) is 11.8 Å². The molecule has 7 nitrogen and oxygen atoms in total. The Kier molecular flexibility index (Phi) is 9.47. The number of hydrogen-bond donors (Lipinski definition) is 1. The number of benzene rings is 2. The van der Waals surface area contributed by atoms with E-state index in [4.69, 9.17) is 4.74 Å². The van der Waals surface area contributed by atoms with E-state index >= 15 is 0 Å². The minimum Gasteiger partial charge on any atom is -0.383 e. The van der Waals surface area contributed by atoms with E-state index in [1.807, 2.05) is 19.9 Å². The number of ether oxygens (including phenoxy) is 1. The van der Waals surface area contributed by atoms with Crippen molar-refractivity contribution in [2.24, 2.45) is 0 Å². The summed E-state index contributed by atoms with van der Waals surface area (Å²) in [6, 6.07) is 4.93. The summed E-state index contributed by atoms with van der Waals surface area (Å²) in [5.74, 6) is -0.635. The molecular formula is C30H32F4N4O3S. The van der Waals surface area contributed by atoms with E-state index in [9.17, 15) is 27.2 Å². The molecule has 4 rings (SSSR count). The fourth-order valence-electron chi connectivity index (χ4n) is 5.07. The number of amides is 1. The maximum absolute atomic E-state index is 14.8. The lowest BCUT2D eigenvalue weighted by Gasteiger charge is -2.33. The molecule has 224 valence electrons. The number of rotatable bonds is 10. The zero-order valence-corrected chi connectivity index (χ0v) is 24.5. The molecule has 42 heavy (non-hydrogen) atoms. The second kappa shape index (κ2) is 12.7. The number of alkyl halides is 3. The molecular weight excluding hydrogens is 572 g/mol. The predicted octanol–water partition coefficient (Wildman–Crippen LogP) is 5.98. The molecule has 1 aliphatic rings. The third kappa shape index (κ3) is 6.39. The number of allylic oxidation sites excluding steroid dienone is 1. The third-order valence-corrected chi connectivity index (χ3v) is 8.27. The number of nitrogens with one attached hydrogen (secondary N) is 1. The minimum atomic E-state index is -4.77. The van der Waals surface area contributed by atoms with Crippen LogP contribution < -0.4 is 15.9 Å². The Morgan fingerprint density at radius 1 is 1.33 bits per heavy atom. The number of hydrogen-bond acceptors (Lipinski definition) is 6. The van der Waals surface area contributed by atoms with Crippen molar-refractivity contribution in [2.45, 2.75) is 43.9 Å². The monoisotopic (exact) mass is 604 g/mol. The first-order chi connectivity index (χ1) is 19.9. The highest BCUT2D eigenvalue weighted by molar-refractivity contribution is 7.99. The van der Waals surface area contributed by atoms with Gasteiger partial charge in [-0.3, -0.25) is 9.36 Å². The van der Waals surface area contributed by atoms with E-state index in [-0.39, 0.29) is 52.7 Å². The van der Waals surface area contributed by atoms with Crippen LogP contribution in [-0.4, -0.2) is 54.1 Å². The van der Waals surface area contributed by atoms with Gasteiger partial charge >= 0.3 is 11.9 Å². The number of thioether (sulfide) groups is 1. The van der Waals surface area contributed by atoms with E-state index in [0.29, 0.717) is 5.52 Å². The lowest BCUT2D eigenvalue weighted by atomic mass is 9.96. The molecule has 1 aliphatic heterocycles. The highest BCUT2D eigenvalue weighted by Gasteiger charge is 2.39.